The normalized spacial score (nSPS) is 16.5. The van der Waals surface area contributed by atoms with Crippen molar-refractivity contribution in [2.45, 2.75) is 31.8 Å². The average Bonchev–Trinajstić information content (AvgIpc) is 2.73. The van der Waals surface area contributed by atoms with E-state index in [9.17, 15) is 4.79 Å². The smallest absolute Gasteiger partial charge is 0.253 e. The number of piperidine rings is 1. The van der Waals surface area contributed by atoms with Crippen LogP contribution in [-0.4, -0.2) is 49.0 Å². The van der Waals surface area contributed by atoms with Crippen molar-refractivity contribution >= 4 is 5.91 Å². The van der Waals surface area contributed by atoms with E-state index >= 15 is 0 Å². The van der Waals surface area contributed by atoms with Crippen LogP contribution in [0.15, 0.2) is 54.6 Å². The van der Waals surface area contributed by atoms with Gasteiger partial charge in [-0.25, -0.2) is 0 Å². The molecule has 0 unspecified atom stereocenters. The van der Waals surface area contributed by atoms with E-state index < -0.39 is 0 Å². The van der Waals surface area contributed by atoms with E-state index in [0.29, 0.717) is 6.04 Å². The van der Waals surface area contributed by atoms with E-state index in [2.05, 4.69) is 31.0 Å². The highest BCUT2D eigenvalue weighted by atomic mass is 16.5. The molecule has 1 heterocycles. The van der Waals surface area contributed by atoms with Crippen LogP contribution >= 0.6 is 0 Å². The number of hydrogen-bond acceptors (Lipinski definition) is 3. The quantitative estimate of drug-likeness (QED) is 0.816. The molecule has 138 valence electrons. The van der Waals surface area contributed by atoms with Crippen molar-refractivity contribution in [1.29, 1.82) is 0 Å². The van der Waals surface area contributed by atoms with Crippen LogP contribution in [-0.2, 0) is 0 Å². The predicted molar refractivity (Wildman–Crippen MR) is 105 cm³/mol. The van der Waals surface area contributed by atoms with Crippen LogP contribution in [0.1, 0.15) is 41.7 Å². The van der Waals surface area contributed by atoms with Crippen molar-refractivity contribution in [3.63, 3.8) is 0 Å². The highest BCUT2D eigenvalue weighted by Crippen LogP contribution is 2.31. The number of nitrogens with zero attached hydrogens (tertiary/aromatic N) is 2. The fourth-order valence-corrected chi connectivity index (χ4v) is 3.79. The number of benzene rings is 2. The second-order valence-corrected chi connectivity index (χ2v) is 6.97. The Labute approximate surface area is 156 Å². The van der Waals surface area contributed by atoms with Gasteiger partial charge in [-0.3, -0.25) is 9.69 Å². The van der Waals surface area contributed by atoms with E-state index in [4.69, 9.17) is 4.74 Å². The van der Waals surface area contributed by atoms with E-state index in [1.54, 1.807) is 7.11 Å². The zero-order chi connectivity index (χ0) is 18.5. The highest BCUT2D eigenvalue weighted by Gasteiger charge is 2.28. The van der Waals surface area contributed by atoms with Crippen LogP contribution < -0.4 is 4.74 Å². The summed E-state index contributed by atoms with van der Waals surface area (Å²) in [5.74, 6) is 1.08. The summed E-state index contributed by atoms with van der Waals surface area (Å²) in [6.07, 6.45) is 1.99. The van der Waals surface area contributed by atoms with E-state index in [0.717, 1.165) is 37.2 Å². The first-order chi connectivity index (χ1) is 12.6. The van der Waals surface area contributed by atoms with Gasteiger partial charge in [0.2, 0.25) is 0 Å². The van der Waals surface area contributed by atoms with E-state index in [-0.39, 0.29) is 11.9 Å². The van der Waals surface area contributed by atoms with Gasteiger partial charge in [0.15, 0.2) is 0 Å². The predicted octanol–water partition coefficient (Wildman–Crippen LogP) is 3.99. The Morgan fingerprint density at radius 3 is 2.35 bits per heavy atom. The summed E-state index contributed by atoms with van der Waals surface area (Å²) in [4.78, 5) is 17.0. The molecule has 1 amide bonds. The SMILES string of the molecule is COc1ccccc1[C@H](C)N(C)C1CCN(C(=O)c2ccccc2)CC1. The fourth-order valence-electron chi connectivity index (χ4n) is 3.79. The lowest BCUT2D eigenvalue weighted by molar-refractivity contribution is 0.0605. The summed E-state index contributed by atoms with van der Waals surface area (Å²) >= 11 is 0. The number of carbonyl (C=O) groups excluding carboxylic acids is 1. The van der Waals surface area contributed by atoms with Gasteiger partial charge in [0, 0.05) is 36.3 Å². The molecule has 2 aromatic carbocycles. The molecule has 0 radical (unpaired) electrons. The number of hydrogen-bond donors (Lipinski definition) is 0. The lowest BCUT2D eigenvalue weighted by atomic mass is 9.98. The van der Waals surface area contributed by atoms with Crippen LogP contribution in [0.5, 0.6) is 5.75 Å². The Hall–Kier alpha value is -2.33. The zero-order valence-corrected chi connectivity index (χ0v) is 15.9. The molecule has 0 N–H and O–H groups in total. The summed E-state index contributed by atoms with van der Waals surface area (Å²) in [7, 11) is 3.90. The highest BCUT2D eigenvalue weighted by molar-refractivity contribution is 5.94. The van der Waals surface area contributed by atoms with Gasteiger partial charge < -0.3 is 9.64 Å². The van der Waals surface area contributed by atoms with Crippen molar-refractivity contribution in [3.8, 4) is 5.75 Å². The first-order valence-electron chi connectivity index (χ1n) is 9.31. The number of carbonyl (C=O) groups is 1. The Kier molecular flexibility index (Phi) is 5.94. The minimum absolute atomic E-state index is 0.143. The van der Waals surface area contributed by atoms with E-state index in [1.807, 2.05) is 47.4 Å². The molecule has 0 spiro atoms. The molecule has 4 nitrogen and oxygen atoms in total. The third-order valence-corrected chi connectivity index (χ3v) is 5.55. The van der Waals surface area contributed by atoms with Gasteiger partial charge in [-0.15, -0.1) is 0 Å². The van der Waals surface area contributed by atoms with Gasteiger partial charge in [0.05, 0.1) is 7.11 Å². The molecule has 0 bridgehead atoms. The molecule has 0 saturated carbocycles. The van der Waals surface area contributed by atoms with Gasteiger partial charge in [-0.2, -0.15) is 0 Å². The summed E-state index contributed by atoms with van der Waals surface area (Å²) < 4.78 is 5.52. The summed E-state index contributed by atoms with van der Waals surface area (Å²) in [6, 6.07) is 18.5. The molecule has 0 aliphatic carbocycles. The van der Waals surface area contributed by atoms with Crippen LogP contribution in [0.3, 0.4) is 0 Å². The first-order valence-corrected chi connectivity index (χ1v) is 9.31. The summed E-state index contributed by atoms with van der Waals surface area (Å²) in [5.41, 5.74) is 1.99. The minimum Gasteiger partial charge on any atom is -0.496 e. The van der Waals surface area contributed by atoms with Gasteiger partial charge in [-0.05, 0) is 45.0 Å². The van der Waals surface area contributed by atoms with Crippen molar-refractivity contribution < 1.29 is 9.53 Å². The summed E-state index contributed by atoms with van der Waals surface area (Å²) in [6.45, 7) is 3.84. The number of para-hydroxylation sites is 1. The topological polar surface area (TPSA) is 32.8 Å². The standard InChI is InChI=1S/C22H28N2O2/c1-17(20-11-7-8-12-21(20)26-3)23(2)19-13-15-24(16-14-19)22(25)18-9-5-4-6-10-18/h4-12,17,19H,13-16H2,1-3H3/t17-/m0/s1. The largest absolute Gasteiger partial charge is 0.496 e. The maximum absolute atomic E-state index is 12.6. The molecule has 0 aromatic heterocycles. The minimum atomic E-state index is 0.143. The lowest BCUT2D eigenvalue weighted by Gasteiger charge is -2.39. The second kappa shape index (κ2) is 8.37. The molecule has 1 aliphatic rings. The molecule has 1 fully saturated rings. The first kappa shape index (κ1) is 18.5. The zero-order valence-electron chi connectivity index (χ0n) is 15.9. The van der Waals surface area contributed by atoms with Gasteiger partial charge in [0.1, 0.15) is 5.75 Å². The van der Waals surface area contributed by atoms with Crippen LogP contribution in [0, 0.1) is 0 Å². The van der Waals surface area contributed by atoms with Crippen molar-refractivity contribution in [2.24, 2.45) is 0 Å². The Morgan fingerprint density at radius 2 is 1.69 bits per heavy atom. The Balaban J connectivity index is 1.61. The average molecular weight is 352 g/mol. The van der Waals surface area contributed by atoms with Crippen LogP contribution in [0.2, 0.25) is 0 Å². The third-order valence-electron chi connectivity index (χ3n) is 5.55. The third kappa shape index (κ3) is 3.91. The number of likely N-dealkylation sites (tertiary alicyclic amines) is 1. The molecule has 4 heteroatoms. The van der Waals surface area contributed by atoms with Crippen LogP contribution in [0.25, 0.3) is 0 Å². The molecule has 1 aliphatic heterocycles. The maximum Gasteiger partial charge on any atom is 0.253 e. The number of methoxy groups -OCH3 is 1. The van der Waals surface area contributed by atoms with Gasteiger partial charge in [0.25, 0.3) is 5.91 Å². The molecule has 3 rings (SSSR count). The van der Waals surface area contributed by atoms with Crippen molar-refractivity contribution in [3.05, 3.63) is 65.7 Å². The Bertz CT molecular complexity index is 724. The maximum atomic E-state index is 12.6. The monoisotopic (exact) mass is 352 g/mol. The number of amides is 1. The number of ether oxygens (including phenoxy) is 1. The van der Waals surface area contributed by atoms with Gasteiger partial charge >= 0.3 is 0 Å². The fraction of sp³-hybridized carbons (Fsp3) is 0.409. The Morgan fingerprint density at radius 1 is 1.08 bits per heavy atom. The molecular weight excluding hydrogens is 324 g/mol. The molecule has 1 atom stereocenters. The molecule has 26 heavy (non-hydrogen) atoms. The van der Waals surface area contributed by atoms with Crippen molar-refractivity contribution in [2.75, 3.05) is 27.2 Å². The summed E-state index contributed by atoms with van der Waals surface area (Å²) in [5, 5.41) is 0. The molecule has 2 aromatic rings. The van der Waals surface area contributed by atoms with Crippen LogP contribution in [0.4, 0.5) is 0 Å². The number of rotatable bonds is 5. The van der Waals surface area contributed by atoms with E-state index in [1.165, 1.54) is 5.56 Å². The van der Waals surface area contributed by atoms with Gasteiger partial charge in [-0.1, -0.05) is 36.4 Å². The molecule has 1 saturated heterocycles. The molecular formula is C22H28N2O2. The van der Waals surface area contributed by atoms with Crippen molar-refractivity contribution in [1.82, 2.24) is 9.80 Å². The lowest BCUT2D eigenvalue weighted by Crippen LogP contribution is -2.46. The second-order valence-electron chi connectivity index (χ2n) is 6.97.